The molecule has 2 rings (SSSR count). The van der Waals surface area contributed by atoms with Crippen LogP contribution < -0.4 is 4.74 Å². The minimum absolute atomic E-state index is 0.351. The lowest BCUT2D eigenvalue weighted by Crippen LogP contribution is -2.03. The van der Waals surface area contributed by atoms with Crippen LogP contribution in [0, 0.1) is 3.57 Å². The van der Waals surface area contributed by atoms with E-state index < -0.39 is 0 Å². The first kappa shape index (κ1) is 15.3. The van der Waals surface area contributed by atoms with Gasteiger partial charge >= 0.3 is 5.97 Å². The van der Waals surface area contributed by atoms with Crippen LogP contribution in [0.15, 0.2) is 46.9 Å². The maximum absolute atomic E-state index is 11.4. The summed E-state index contributed by atoms with van der Waals surface area (Å²) >= 11 is 5.68. The maximum Gasteiger partial charge on any atom is 0.337 e. The van der Waals surface area contributed by atoms with Crippen molar-refractivity contribution in [2.24, 2.45) is 0 Å². The molecular formula is C15H12BrIO3. The van der Waals surface area contributed by atoms with Gasteiger partial charge in [0.25, 0.3) is 0 Å². The number of ether oxygens (including phenoxy) is 2. The summed E-state index contributed by atoms with van der Waals surface area (Å²) in [6.45, 7) is 0.433. The quantitative estimate of drug-likeness (QED) is 0.515. The molecule has 104 valence electrons. The summed E-state index contributed by atoms with van der Waals surface area (Å²) < 4.78 is 12.4. The van der Waals surface area contributed by atoms with Gasteiger partial charge in [-0.1, -0.05) is 28.1 Å². The topological polar surface area (TPSA) is 35.5 Å². The number of carbonyl (C=O) groups is 1. The van der Waals surface area contributed by atoms with E-state index in [-0.39, 0.29) is 5.97 Å². The molecule has 0 bridgehead atoms. The van der Waals surface area contributed by atoms with Gasteiger partial charge in [0, 0.05) is 13.6 Å². The maximum atomic E-state index is 11.4. The minimum atomic E-state index is -0.351. The van der Waals surface area contributed by atoms with Crippen LogP contribution in [0.25, 0.3) is 0 Å². The summed E-state index contributed by atoms with van der Waals surface area (Å²) in [4.78, 5) is 11.4. The summed E-state index contributed by atoms with van der Waals surface area (Å²) in [5.74, 6) is 0.469. The van der Waals surface area contributed by atoms with Gasteiger partial charge in [0.2, 0.25) is 0 Å². The molecule has 0 saturated heterocycles. The Morgan fingerprint density at radius 1 is 1.25 bits per heavy atom. The predicted octanol–water partition coefficient (Wildman–Crippen LogP) is 4.42. The molecular weight excluding hydrogens is 435 g/mol. The number of benzene rings is 2. The van der Waals surface area contributed by atoms with Gasteiger partial charge < -0.3 is 9.47 Å². The van der Waals surface area contributed by atoms with Gasteiger partial charge in [-0.25, -0.2) is 4.79 Å². The number of methoxy groups -OCH3 is 1. The van der Waals surface area contributed by atoms with Crippen LogP contribution in [0.5, 0.6) is 5.75 Å². The SMILES string of the molecule is COC(=O)c1ccc(COc2cccc(I)c2)c(Br)c1. The summed E-state index contributed by atoms with van der Waals surface area (Å²) in [6, 6.07) is 13.2. The van der Waals surface area contributed by atoms with Crippen LogP contribution in [0.2, 0.25) is 0 Å². The van der Waals surface area contributed by atoms with Gasteiger partial charge in [-0.2, -0.15) is 0 Å². The van der Waals surface area contributed by atoms with Crippen molar-refractivity contribution in [3.8, 4) is 5.75 Å². The van der Waals surface area contributed by atoms with Gasteiger partial charge in [-0.15, -0.1) is 0 Å². The number of carbonyl (C=O) groups excluding carboxylic acids is 1. The molecule has 0 fully saturated rings. The van der Waals surface area contributed by atoms with E-state index in [0.29, 0.717) is 12.2 Å². The first-order chi connectivity index (χ1) is 9.60. The van der Waals surface area contributed by atoms with Crippen molar-refractivity contribution in [3.05, 3.63) is 61.6 Å². The smallest absolute Gasteiger partial charge is 0.337 e. The third-order valence-electron chi connectivity index (χ3n) is 2.66. The van der Waals surface area contributed by atoms with E-state index in [1.807, 2.05) is 30.3 Å². The molecule has 0 unspecified atom stereocenters. The number of hydrogen-bond acceptors (Lipinski definition) is 3. The molecule has 0 aliphatic rings. The zero-order valence-corrected chi connectivity index (χ0v) is 14.5. The van der Waals surface area contributed by atoms with Gasteiger partial charge in [-0.05, 0) is 52.9 Å². The molecule has 2 aromatic rings. The summed E-state index contributed by atoms with van der Waals surface area (Å²) in [5.41, 5.74) is 1.48. The van der Waals surface area contributed by atoms with Crippen LogP contribution >= 0.6 is 38.5 Å². The highest BCUT2D eigenvalue weighted by atomic mass is 127. The van der Waals surface area contributed by atoms with Crippen molar-refractivity contribution in [3.63, 3.8) is 0 Å². The van der Waals surface area contributed by atoms with Crippen LogP contribution in [0.3, 0.4) is 0 Å². The van der Waals surface area contributed by atoms with Crippen molar-refractivity contribution >= 4 is 44.5 Å². The van der Waals surface area contributed by atoms with E-state index in [9.17, 15) is 4.79 Å². The van der Waals surface area contributed by atoms with E-state index in [1.54, 1.807) is 12.1 Å². The van der Waals surface area contributed by atoms with Crippen molar-refractivity contribution in [1.82, 2.24) is 0 Å². The van der Waals surface area contributed by atoms with Gasteiger partial charge in [0.1, 0.15) is 12.4 Å². The fourth-order valence-corrected chi connectivity index (χ4v) is 2.63. The highest BCUT2D eigenvalue weighted by Gasteiger charge is 2.08. The normalized spacial score (nSPS) is 10.2. The molecule has 0 heterocycles. The Labute approximate surface area is 139 Å². The Kier molecular flexibility index (Phi) is 5.42. The van der Waals surface area contributed by atoms with E-state index in [2.05, 4.69) is 43.3 Å². The fourth-order valence-electron chi connectivity index (χ4n) is 1.63. The first-order valence-electron chi connectivity index (χ1n) is 5.85. The summed E-state index contributed by atoms with van der Waals surface area (Å²) in [6.07, 6.45) is 0. The van der Waals surface area contributed by atoms with Crippen LogP contribution in [-0.4, -0.2) is 13.1 Å². The highest BCUT2D eigenvalue weighted by Crippen LogP contribution is 2.22. The third-order valence-corrected chi connectivity index (χ3v) is 4.07. The Bertz CT molecular complexity index is 628. The minimum Gasteiger partial charge on any atom is -0.489 e. The second-order valence-electron chi connectivity index (χ2n) is 4.04. The van der Waals surface area contributed by atoms with E-state index >= 15 is 0 Å². The van der Waals surface area contributed by atoms with Crippen LogP contribution in [0.4, 0.5) is 0 Å². The summed E-state index contributed by atoms with van der Waals surface area (Å²) in [5, 5.41) is 0. The first-order valence-corrected chi connectivity index (χ1v) is 7.72. The lowest BCUT2D eigenvalue weighted by molar-refractivity contribution is 0.0600. The monoisotopic (exact) mass is 446 g/mol. The molecule has 0 atom stereocenters. The Morgan fingerprint density at radius 3 is 2.70 bits per heavy atom. The number of esters is 1. The Hall–Kier alpha value is -1.08. The van der Waals surface area contributed by atoms with E-state index in [0.717, 1.165) is 19.4 Å². The van der Waals surface area contributed by atoms with E-state index in [1.165, 1.54) is 7.11 Å². The van der Waals surface area contributed by atoms with Gasteiger partial charge in [0.05, 0.1) is 12.7 Å². The van der Waals surface area contributed by atoms with E-state index in [4.69, 9.17) is 4.74 Å². The lowest BCUT2D eigenvalue weighted by atomic mass is 10.1. The van der Waals surface area contributed by atoms with Crippen molar-refractivity contribution < 1.29 is 14.3 Å². The number of rotatable bonds is 4. The van der Waals surface area contributed by atoms with Gasteiger partial charge in [-0.3, -0.25) is 0 Å². The predicted molar refractivity (Wildman–Crippen MR) is 89.0 cm³/mol. The molecule has 0 spiro atoms. The molecule has 0 aliphatic carbocycles. The second kappa shape index (κ2) is 7.08. The summed E-state index contributed by atoms with van der Waals surface area (Å²) in [7, 11) is 1.37. The fraction of sp³-hybridized carbons (Fsp3) is 0.133. The average molecular weight is 447 g/mol. The number of halogens is 2. The third kappa shape index (κ3) is 3.96. The standard InChI is InChI=1S/C15H12BrIO3/c1-19-15(18)10-5-6-11(14(16)7-10)9-20-13-4-2-3-12(17)8-13/h2-8H,9H2,1H3. The van der Waals surface area contributed by atoms with Crippen molar-refractivity contribution in [2.45, 2.75) is 6.61 Å². The Morgan fingerprint density at radius 2 is 2.05 bits per heavy atom. The molecule has 20 heavy (non-hydrogen) atoms. The highest BCUT2D eigenvalue weighted by molar-refractivity contribution is 14.1. The lowest BCUT2D eigenvalue weighted by Gasteiger charge is -2.09. The van der Waals surface area contributed by atoms with Crippen molar-refractivity contribution in [1.29, 1.82) is 0 Å². The van der Waals surface area contributed by atoms with Gasteiger partial charge in [0.15, 0.2) is 0 Å². The zero-order chi connectivity index (χ0) is 14.5. The zero-order valence-electron chi connectivity index (χ0n) is 10.7. The van der Waals surface area contributed by atoms with Crippen LogP contribution in [-0.2, 0) is 11.3 Å². The molecule has 0 aromatic heterocycles. The molecule has 2 aromatic carbocycles. The average Bonchev–Trinajstić information content (AvgIpc) is 2.45. The Balaban J connectivity index is 2.08. The molecule has 0 aliphatic heterocycles. The molecule has 0 saturated carbocycles. The molecule has 0 radical (unpaired) electrons. The molecule has 0 amide bonds. The second-order valence-corrected chi connectivity index (χ2v) is 6.14. The number of hydrogen-bond donors (Lipinski definition) is 0. The molecule has 3 nitrogen and oxygen atoms in total. The van der Waals surface area contributed by atoms with Crippen LogP contribution in [0.1, 0.15) is 15.9 Å². The van der Waals surface area contributed by atoms with Crippen molar-refractivity contribution in [2.75, 3.05) is 7.11 Å². The largest absolute Gasteiger partial charge is 0.489 e. The molecule has 0 N–H and O–H groups in total. The molecule has 5 heteroatoms.